The van der Waals surface area contributed by atoms with E-state index < -0.39 is 27.5 Å². The third kappa shape index (κ3) is 5.28. The van der Waals surface area contributed by atoms with Gasteiger partial charge in [0.15, 0.2) is 9.84 Å². The molecule has 0 unspecified atom stereocenters. The van der Waals surface area contributed by atoms with E-state index in [9.17, 15) is 13.2 Å². The van der Waals surface area contributed by atoms with E-state index in [4.69, 9.17) is 14.6 Å². The van der Waals surface area contributed by atoms with Crippen molar-refractivity contribution in [2.45, 2.75) is 69.9 Å². The maximum absolute atomic E-state index is 13.4. The summed E-state index contributed by atoms with van der Waals surface area (Å²) in [5, 5.41) is 16.6. The highest BCUT2D eigenvalue weighted by atomic mass is 32.2. The molecule has 4 aromatic rings. The zero-order valence-corrected chi connectivity index (χ0v) is 24.1. The van der Waals surface area contributed by atoms with Crippen LogP contribution in [-0.2, 0) is 32.0 Å². The van der Waals surface area contributed by atoms with Gasteiger partial charge in [0.1, 0.15) is 0 Å². The Morgan fingerprint density at radius 2 is 1.38 bits per heavy atom. The summed E-state index contributed by atoms with van der Waals surface area (Å²) in [5.41, 5.74) is 7.61. The van der Waals surface area contributed by atoms with Gasteiger partial charge in [-0.2, -0.15) is 0 Å². The highest BCUT2D eigenvalue weighted by molar-refractivity contribution is 7.91. The second-order valence-electron chi connectivity index (χ2n) is 12.0. The van der Waals surface area contributed by atoms with E-state index in [0.717, 1.165) is 11.1 Å². The van der Waals surface area contributed by atoms with Gasteiger partial charge in [-0.05, 0) is 35.9 Å². The van der Waals surface area contributed by atoms with Crippen molar-refractivity contribution >= 4 is 21.4 Å². The van der Waals surface area contributed by atoms with Crippen molar-refractivity contribution in [1.82, 2.24) is 20.4 Å². The number of carbonyl (C=O) groups is 1. The second-order valence-corrected chi connectivity index (χ2v) is 14.0. The summed E-state index contributed by atoms with van der Waals surface area (Å²) in [6.45, 7) is 11.9. The molecule has 0 radical (unpaired) electrons. The van der Waals surface area contributed by atoms with Gasteiger partial charge in [-0.3, -0.25) is 4.79 Å². The number of fused-ring (bicyclic) bond motifs is 1. The average molecular weight is 565 g/mol. The van der Waals surface area contributed by atoms with Crippen LogP contribution in [0.2, 0.25) is 0 Å². The van der Waals surface area contributed by atoms with Crippen molar-refractivity contribution in [3.8, 4) is 22.9 Å². The zero-order chi connectivity index (χ0) is 29.0. The lowest BCUT2D eigenvalue weighted by Gasteiger charge is -2.24. The minimum atomic E-state index is -3.84. The van der Waals surface area contributed by atoms with Crippen LogP contribution in [0.1, 0.15) is 58.9 Å². The fourth-order valence-electron chi connectivity index (χ4n) is 4.23. The van der Waals surface area contributed by atoms with Crippen molar-refractivity contribution in [2.24, 2.45) is 5.73 Å². The number of benzene rings is 2. The van der Waals surface area contributed by atoms with E-state index in [1.807, 2.05) is 65.8 Å². The second kappa shape index (κ2) is 9.63. The Hall–Kier alpha value is -3.90. The summed E-state index contributed by atoms with van der Waals surface area (Å²) in [6.07, 6.45) is 0. The van der Waals surface area contributed by atoms with Crippen molar-refractivity contribution < 1.29 is 22.0 Å². The lowest BCUT2D eigenvalue weighted by atomic mass is 9.97. The molecule has 2 N–H and O–H groups in total. The minimum Gasteiger partial charge on any atom is -0.420 e. The number of nitrogens with two attached hydrogens (primary N) is 1. The molecule has 0 saturated carbocycles. The first-order valence-corrected chi connectivity index (χ1v) is 14.5. The molecule has 11 nitrogen and oxygen atoms in total. The van der Waals surface area contributed by atoms with Crippen LogP contribution < -0.4 is 10.6 Å². The first-order valence-electron chi connectivity index (χ1n) is 12.8. The van der Waals surface area contributed by atoms with Crippen LogP contribution in [0.4, 0.5) is 5.69 Å². The lowest BCUT2D eigenvalue weighted by molar-refractivity contribution is -0.119. The molecule has 0 bridgehead atoms. The monoisotopic (exact) mass is 564 g/mol. The summed E-state index contributed by atoms with van der Waals surface area (Å²) in [6, 6.07) is 10.7. The number of hydrogen-bond donors (Lipinski definition) is 1. The van der Waals surface area contributed by atoms with Crippen LogP contribution in [-0.4, -0.2) is 46.5 Å². The third-order valence-corrected chi connectivity index (χ3v) is 8.30. The Labute approximate surface area is 232 Å². The Balaban J connectivity index is 1.51. The Bertz CT molecular complexity index is 1680. The minimum absolute atomic E-state index is 0.0188. The molecule has 2 aromatic heterocycles. The van der Waals surface area contributed by atoms with Crippen LogP contribution in [0.25, 0.3) is 22.9 Å². The summed E-state index contributed by atoms with van der Waals surface area (Å²) in [5.74, 6) is 0.590. The van der Waals surface area contributed by atoms with Crippen LogP contribution in [0.15, 0.2) is 56.2 Å². The SMILES string of the molecule is CC(C)(C)c1nnc(-c2ccc(CN3C(=O)[C@@H](N)CS(=O)(=O)c4ccc(-c5nnc(C(C)(C)C)o5)cc43)cc2)o1. The van der Waals surface area contributed by atoms with Crippen molar-refractivity contribution in [1.29, 1.82) is 0 Å². The van der Waals surface area contributed by atoms with E-state index in [-0.39, 0.29) is 33.8 Å². The molecule has 1 aliphatic heterocycles. The summed E-state index contributed by atoms with van der Waals surface area (Å²) in [7, 11) is -3.84. The summed E-state index contributed by atoms with van der Waals surface area (Å²) < 4.78 is 38.0. The fourth-order valence-corrected chi connectivity index (χ4v) is 5.78. The topological polar surface area (TPSA) is 158 Å². The predicted octanol–water partition coefficient (Wildman–Crippen LogP) is 4.03. The first-order chi connectivity index (χ1) is 18.6. The quantitative estimate of drug-likeness (QED) is 0.383. The van der Waals surface area contributed by atoms with Gasteiger partial charge in [0.05, 0.1) is 28.9 Å². The van der Waals surface area contributed by atoms with Crippen molar-refractivity contribution in [3.63, 3.8) is 0 Å². The van der Waals surface area contributed by atoms with E-state index >= 15 is 0 Å². The number of anilines is 1. The number of amides is 1. The molecular formula is C28H32N6O5S. The molecule has 12 heteroatoms. The molecule has 0 saturated heterocycles. The molecule has 1 amide bonds. The Morgan fingerprint density at radius 3 is 1.90 bits per heavy atom. The van der Waals surface area contributed by atoms with Crippen LogP contribution >= 0.6 is 0 Å². The third-order valence-electron chi connectivity index (χ3n) is 6.49. The van der Waals surface area contributed by atoms with Crippen LogP contribution in [0, 0.1) is 0 Å². The highest BCUT2D eigenvalue weighted by Gasteiger charge is 2.36. The maximum Gasteiger partial charge on any atom is 0.247 e. The van der Waals surface area contributed by atoms with Gasteiger partial charge in [-0.25, -0.2) is 8.42 Å². The first kappa shape index (κ1) is 27.7. The van der Waals surface area contributed by atoms with Gasteiger partial charge < -0.3 is 19.5 Å². The van der Waals surface area contributed by atoms with Gasteiger partial charge in [0.25, 0.3) is 0 Å². The van der Waals surface area contributed by atoms with Crippen molar-refractivity contribution in [3.05, 3.63) is 59.8 Å². The largest absolute Gasteiger partial charge is 0.420 e. The molecule has 40 heavy (non-hydrogen) atoms. The molecule has 1 aliphatic rings. The molecule has 5 rings (SSSR count). The molecule has 3 heterocycles. The smallest absolute Gasteiger partial charge is 0.247 e. The number of carbonyl (C=O) groups excluding carboxylic acids is 1. The molecule has 0 spiro atoms. The number of hydrogen-bond acceptors (Lipinski definition) is 10. The number of aromatic nitrogens is 4. The van der Waals surface area contributed by atoms with Gasteiger partial charge in [0, 0.05) is 22.0 Å². The Morgan fingerprint density at radius 1 is 0.850 bits per heavy atom. The molecule has 2 aromatic carbocycles. The van der Waals surface area contributed by atoms with Gasteiger partial charge in [-0.15, -0.1) is 20.4 Å². The van der Waals surface area contributed by atoms with E-state index in [0.29, 0.717) is 23.2 Å². The Kier molecular flexibility index (Phi) is 6.66. The molecular weight excluding hydrogens is 532 g/mol. The lowest BCUT2D eigenvalue weighted by Crippen LogP contribution is -2.45. The zero-order valence-electron chi connectivity index (χ0n) is 23.3. The van der Waals surface area contributed by atoms with Gasteiger partial charge >= 0.3 is 0 Å². The van der Waals surface area contributed by atoms with Crippen LogP contribution in [0.5, 0.6) is 0 Å². The molecule has 0 fully saturated rings. The van der Waals surface area contributed by atoms with E-state index in [1.54, 1.807) is 12.1 Å². The van der Waals surface area contributed by atoms with E-state index in [1.165, 1.54) is 11.0 Å². The number of sulfone groups is 1. The maximum atomic E-state index is 13.4. The molecule has 210 valence electrons. The molecule has 1 atom stereocenters. The normalized spacial score (nSPS) is 17.5. The van der Waals surface area contributed by atoms with Gasteiger partial charge in [-0.1, -0.05) is 53.7 Å². The summed E-state index contributed by atoms with van der Waals surface area (Å²) in [4.78, 5) is 14.8. The van der Waals surface area contributed by atoms with E-state index in [2.05, 4.69) is 20.4 Å². The van der Waals surface area contributed by atoms with Crippen molar-refractivity contribution in [2.75, 3.05) is 10.7 Å². The average Bonchev–Trinajstić information content (AvgIpc) is 3.56. The number of nitrogens with zero attached hydrogens (tertiary/aromatic N) is 5. The van der Waals surface area contributed by atoms with Crippen LogP contribution in [0.3, 0.4) is 0 Å². The standard InChI is InChI=1S/C28H32N6O5S/c1-27(2,3)25-32-30-22(38-25)17-9-7-16(8-10-17)14-34-20-13-18(23-31-33-26(39-23)28(4,5)6)11-12-21(20)40(36,37)15-19(29)24(34)35/h7-13,19H,14-15,29H2,1-6H3/t19-/m0/s1. The molecule has 0 aliphatic carbocycles. The summed E-state index contributed by atoms with van der Waals surface area (Å²) >= 11 is 0. The fraction of sp³-hybridized carbons (Fsp3) is 0.393. The van der Waals surface area contributed by atoms with Gasteiger partial charge in [0.2, 0.25) is 29.5 Å². The predicted molar refractivity (Wildman–Crippen MR) is 148 cm³/mol. The highest BCUT2D eigenvalue weighted by Crippen LogP contribution is 2.36. The number of rotatable bonds is 4.